The highest BCUT2D eigenvalue weighted by atomic mass is 16.3. The second-order valence-corrected chi connectivity index (χ2v) is 5.74. The normalized spacial score (nSPS) is 25.4. The van der Waals surface area contributed by atoms with E-state index in [0.29, 0.717) is 11.5 Å². The minimum absolute atomic E-state index is 0.477. The quantitative estimate of drug-likeness (QED) is 0.781. The molecule has 0 saturated carbocycles. The van der Waals surface area contributed by atoms with Crippen LogP contribution in [0.1, 0.15) is 38.9 Å². The monoisotopic (exact) mass is 250 g/mol. The van der Waals surface area contributed by atoms with Crippen LogP contribution in [-0.4, -0.2) is 25.7 Å². The van der Waals surface area contributed by atoms with Crippen molar-refractivity contribution in [2.24, 2.45) is 5.41 Å². The fourth-order valence-corrected chi connectivity index (χ4v) is 2.97. The van der Waals surface area contributed by atoms with E-state index in [9.17, 15) is 0 Å². The van der Waals surface area contributed by atoms with Crippen molar-refractivity contribution in [1.82, 2.24) is 10.6 Å². The average molecular weight is 250 g/mol. The standard InChI is InChI=1S/C15H26N2O/c1-3-6-15(7-8-16-11-15)12-17-13(2)10-14-5-4-9-18-14/h4-5,9,13,16-17H,3,6-8,10-12H2,1-2H3. The summed E-state index contributed by atoms with van der Waals surface area (Å²) in [5.74, 6) is 1.07. The van der Waals surface area contributed by atoms with Crippen molar-refractivity contribution in [3.8, 4) is 0 Å². The number of furan rings is 1. The van der Waals surface area contributed by atoms with Gasteiger partial charge in [0.25, 0.3) is 0 Å². The summed E-state index contributed by atoms with van der Waals surface area (Å²) in [5.41, 5.74) is 0.478. The van der Waals surface area contributed by atoms with Crippen molar-refractivity contribution in [1.29, 1.82) is 0 Å². The highest BCUT2D eigenvalue weighted by molar-refractivity contribution is 5.00. The molecule has 0 bridgehead atoms. The summed E-state index contributed by atoms with van der Waals surface area (Å²) in [4.78, 5) is 0. The molecule has 1 aromatic heterocycles. The minimum atomic E-state index is 0.477. The van der Waals surface area contributed by atoms with Crippen molar-refractivity contribution >= 4 is 0 Å². The van der Waals surface area contributed by atoms with Crippen LogP contribution in [0.25, 0.3) is 0 Å². The van der Waals surface area contributed by atoms with Crippen molar-refractivity contribution < 1.29 is 4.42 Å². The summed E-state index contributed by atoms with van der Waals surface area (Å²) in [5, 5.41) is 7.20. The van der Waals surface area contributed by atoms with Gasteiger partial charge in [-0.15, -0.1) is 0 Å². The van der Waals surface area contributed by atoms with Crippen LogP contribution in [0.15, 0.2) is 22.8 Å². The molecule has 3 nitrogen and oxygen atoms in total. The van der Waals surface area contributed by atoms with Gasteiger partial charge in [0, 0.05) is 25.6 Å². The molecular formula is C15H26N2O. The van der Waals surface area contributed by atoms with Gasteiger partial charge in [-0.25, -0.2) is 0 Å². The zero-order valence-corrected chi connectivity index (χ0v) is 11.7. The largest absolute Gasteiger partial charge is 0.469 e. The highest BCUT2D eigenvalue weighted by Crippen LogP contribution is 2.30. The lowest BCUT2D eigenvalue weighted by atomic mass is 9.82. The molecule has 102 valence electrons. The predicted molar refractivity (Wildman–Crippen MR) is 74.7 cm³/mol. The molecule has 0 radical (unpaired) electrons. The fraction of sp³-hybridized carbons (Fsp3) is 0.733. The third-order valence-corrected chi connectivity index (χ3v) is 4.03. The van der Waals surface area contributed by atoms with Gasteiger partial charge < -0.3 is 15.1 Å². The second-order valence-electron chi connectivity index (χ2n) is 5.74. The van der Waals surface area contributed by atoms with Crippen LogP contribution in [0.3, 0.4) is 0 Å². The zero-order valence-electron chi connectivity index (χ0n) is 11.7. The molecule has 1 saturated heterocycles. The SMILES string of the molecule is CCCC1(CNC(C)Cc2ccco2)CCNC1. The maximum atomic E-state index is 5.40. The Bertz CT molecular complexity index is 328. The average Bonchev–Trinajstić information content (AvgIpc) is 2.99. The molecule has 1 fully saturated rings. The van der Waals surface area contributed by atoms with E-state index in [-0.39, 0.29) is 0 Å². The first kappa shape index (κ1) is 13.6. The van der Waals surface area contributed by atoms with E-state index in [1.54, 1.807) is 6.26 Å². The summed E-state index contributed by atoms with van der Waals surface area (Å²) >= 11 is 0. The summed E-state index contributed by atoms with van der Waals surface area (Å²) in [6, 6.07) is 4.49. The Balaban J connectivity index is 1.78. The van der Waals surface area contributed by atoms with Crippen molar-refractivity contribution in [2.75, 3.05) is 19.6 Å². The van der Waals surface area contributed by atoms with Crippen LogP contribution >= 0.6 is 0 Å². The Labute approximate surface area is 110 Å². The lowest BCUT2D eigenvalue weighted by Crippen LogP contribution is -2.40. The molecule has 0 aromatic carbocycles. The van der Waals surface area contributed by atoms with Gasteiger partial charge in [-0.2, -0.15) is 0 Å². The zero-order chi connectivity index (χ0) is 12.8. The number of nitrogens with one attached hydrogen (secondary N) is 2. The number of rotatable bonds is 7. The van der Waals surface area contributed by atoms with E-state index in [4.69, 9.17) is 4.42 Å². The first-order valence-electron chi connectivity index (χ1n) is 7.20. The van der Waals surface area contributed by atoms with Crippen LogP contribution in [0, 0.1) is 5.41 Å². The van der Waals surface area contributed by atoms with Crippen molar-refractivity contribution in [3.05, 3.63) is 24.2 Å². The summed E-state index contributed by atoms with van der Waals surface area (Å²) in [7, 11) is 0. The molecule has 3 heteroatoms. The van der Waals surface area contributed by atoms with Crippen LogP contribution in [0.2, 0.25) is 0 Å². The molecule has 2 rings (SSSR count). The summed E-state index contributed by atoms with van der Waals surface area (Å²) in [6.45, 7) is 7.99. The Kier molecular flexibility index (Phi) is 4.84. The van der Waals surface area contributed by atoms with Gasteiger partial charge in [0.05, 0.1) is 6.26 Å². The minimum Gasteiger partial charge on any atom is -0.469 e. The van der Waals surface area contributed by atoms with Gasteiger partial charge in [0.15, 0.2) is 0 Å². The Morgan fingerprint density at radius 1 is 1.56 bits per heavy atom. The lowest BCUT2D eigenvalue weighted by molar-refractivity contribution is 0.263. The number of hydrogen-bond donors (Lipinski definition) is 2. The van der Waals surface area contributed by atoms with E-state index < -0.39 is 0 Å². The van der Waals surface area contributed by atoms with E-state index >= 15 is 0 Å². The van der Waals surface area contributed by atoms with E-state index in [2.05, 4.69) is 30.5 Å². The first-order chi connectivity index (χ1) is 8.74. The third-order valence-electron chi connectivity index (χ3n) is 4.03. The lowest BCUT2D eigenvalue weighted by Gasteiger charge is -2.30. The van der Waals surface area contributed by atoms with E-state index in [0.717, 1.165) is 18.7 Å². The molecule has 2 N–H and O–H groups in total. The molecule has 0 amide bonds. The van der Waals surface area contributed by atoms with Gasteiger partial charge in [-0.05, 0) is 43.9 Å². The van der Waals surface area contributed by atoms with Gasteiger partial charge in [-0.1, -0.05) is 13.3 Å². The molecule has 0 spiro atoms. The third kappa shape index (κ3) is 3.59. The highest BCUT2D eigenvalue weighted by Gasteiger charge is 2.32. The molecule has 1 aliphatic rings. The Morgan fingerprint density at radius 2 is 2.44 bits per heavy atom. The molecular weight excluding hydrogens is 224 g/mol. The van der Waals surface area contributed by atoms with Crippen molar-refractivity contribution in [3.63, 3.8) is 0 Å². The predicted octanol–water partition coefficient (Wildman–Crippen LogP) is 2.58. The van der Waals surface area contributed by atoms with Crippen LogP contribution in [0.4, 0.5) is 0 Å². The van der Waals surface area contributed by atoms with Crippen LogP contribution in [-0.2, 0) is 6.42 Å². The molecule has 2 heterocycles. The molecule has 1 aromatic rings. The molecule has 18 heavy (non-hydrogen) atoms. The molecule has 2 atom stereocenters. The van der Waals surface area contributed by atoms with Gasteiger partial charge in [0.1, 0.15) is 5.76 Å². The molecule has 2 unspecified atom stereocenters. The molecule has 0 aliphatic carbocycles. The maximum Gasteiger partial charge on any atom is 0.105 e. The number of hydrogen-bond acceptors (Lipinski definition) is 3. The Hall–Kier alpha value is -0.800. The fourth-order valence-electron chi connectivity index (χ4n) is 2.97. The van der Waals surface area contributed by atoms with Crippen LogP contribution in [0.5, 0.6) is 0 Å². The first-order valence-corrected chi connectivity index (χ1v) is 7.20. The van der Waals surface area contributed by atoms with E-state index in [1.165, 1.54) is 32.4 Å². The smallest absolute Gasteiger partial charge is 0.105 e. The summed E-state index contributed by atoms with van der Waals surface area (Å²) in [6.07, 6.45) is 6.63. The van der Waals surface area contributed by atoms with Gasteiger partial charge in [-0.3, -0.25) is 0 Å². The van der Waals surface area contributed by atoms with Crippen molar-refractivity contribution in [2.45, 2.75) is 45.6 Å². The van der Waals surface area contributed by atoms with E-state index in [1.807, 2.05) is 6.07 Å². The molecule has 1 aliphatic heterocycles. The van der Waals surface area contributed by atoms with Gasteiger partial charge >= 0.3 is 0 Å². The Morgan fingerprint density at radius 3 is 3.06 bits per heavy atom. The van der Waals surface area contributed by atoms with Gasteiger partial charge in [0.2, 0.25) is 0 Å². The topological polar surface area (TPSA) is 37.2 Å². The van der Waals surface area contributed by atoms with Crippen LogP contribution < -0.4 is 10.6 Å². The second kappa shape index (κ2) is 6.39. The maximum absolute atomic E-state index is 5.40. The summed E-state index contributed by atoms with van der Waals surface area (Å²) < 4.78 is 5.40.